The van der Waals surface area contributed by atoms with E-state index < -0.39 is 0 Å². The Morgan fingerprint density at radius 3 is 2.80 bits per heavy atom. The molecule has 5 heteroatoms. The average molecular weight is 278 g/mol. The number of likely N-dealkylation sites (tertiary alicyclic amines) is 1. The minimum absolute atomic E-state index is 0.199. The van der Waals surface area contributed by atoms with Gasteiger partial charge in [-0.05, 0) is 46.2 Å². The third kappa shape index (κ3) is 4.07. The first kappa shape index (κ1) is 15.0. The number of imidazole rings is 1. The van der Waals surface area contributed by atoms with Crippen LogP contribution in [0.4, 0.5) is 0 Å². The Morgan fingerprint density at radius 2 is 2.20 bits per heavy atom. The molecule has 0 saturated carbocycles. The Hall–Kier alpha value is -1.36. The predicted octanol–water partition coefficient (Wildman–Crippen LogP) is 1.94. The van der Waals surface area contributed by atoms with Crippen LogP contribution in [-0.4, -0.2) is 51.9 Å². The largest absolute Gasteiger partial charge is 0.345 e. The fourth-order valence-corrected chi connectivity index (χ4v) is 2.75. The van der Waals surface area contributed by atoms with Crippen LogP contribution < -0.4 is 0 Å². The van der Waals surface area contributed by atoms with Gasteiger partial charge in [0, 0.05) is 31.4 Å². The molecular weight excluding hydrogens is 252 g/mol. The minimum Gasteiger partial charge on any atom is -0.345 e. The minimum atomic E-state index is 0.199. The van der Waals surface area contributed by atoms with E-state index in [-0.39, 0.29) is 5.91 Å². The van der Waals surface area contributed by atoms with Crippen molar-refractivity contribution in [1.82, 2.24) is 19.8 Å². The van der Waals surface area contributed by atoms with Crippen LogP contribution >= 0.6 is 0 Å². The number of nitrogens with zero attached hydrogens (tertiary/aromatic N) is 3. The summed E-state index contributed by atoms with van der Waals surface area (Å²) in [7, 11) is 1.85. The maximum atomic E-state index is 12.1. The van der Waals surface area contributed by atoms with Gasteiger partial charge in [0.1, 0.15) is 5.82 Å². The number of amides is 1. The Morgan fingerprint density at radius 1 is 1.50 bits per heavy atom. The number of carbonyl (C=O) groups excluding carboxylic acids is 1. The van der Waals surface area contributed by atoms with Gasteiger partial charge >= 0.3 is 0 Å². The van der Waals surface area contributed by atoms with Crippen molar-refractivity contribution in [3.8, 4) is 0 Å². The lowest BCUT2D eigenvalue weighted by atomic mass is 10.1. The van der Waals surface area contributed by atoms with Crippen LogP contribution in [0.1, 0.15) is 44.1 Å². The number of hydrogen-bond donors (Lipinski definition) is 1. The highest BCUT2D eigenvalue weighted by atomic mass is 16.2. The third-order valence-corrected chi connectivity index (χ3v) is 4.11. The third-order valence-electron chi connectivity index (χ3n) is 4.11. The van der Waals surface area contributed by atoms with Crippen LogP contribution in [0.3, 0.4) is 0 Å². The molecule has 1 aliphatic heterocycles. The van der Waals surface area contributed by atoms with E-state index in [9.17, 15) is 4.79 Å². The van der Waals surface area contributed by atoms with E-state index in [1.165, 1.54) is 25.9 Å². The molecule has 1 unspecified atom stereocenters. The van der Waals surface area contributed by atoms with Gasteiger partial charge in [0.2, 0.25) is 5.91 Å². The summed E-state index contributed by atoms with van der Waals surface area (Å²) in [6.07, 6.45) is 5.96. The zero-order chi connectivity index (χ0) is 14.5. The molecule has 1 aliphatic rings. The quantitative estimate of drug-likeness (QED) is 0.865. The first-order valence-electron chi connectivity index (χ1n) is 7.55. The van der Waals surface area contributed by atoms with Gasteiger partial charge in [-0.15, -0.1) is 0 Å². The van der Waals surface area contributed by atoms with Crippen molar-refractivity contribution >= 4 is 5.91 Å². The molecule has 0 radical (unpaired) electrons. The van der Waals surface area contributed by atoms with Gasteiger partial charge in [-0.1, -0.05) is 0 Å². The average Bonchev–Trinajstić information content (AvgIpc) is 3.07. The molecule has 1 aromatic heterocycles. The molecule has 1 fully saturated rings. The van der Waals surface area contributed by atoms with E-state index in [4.69, 9.17) is 0 Å². The summed E-state index contributed by atoms with van der Waals surface area (Å²) in [6, 6.07) is 0.515. The van der Waals surface area contributed by atoms with E-state index in [2.05, 4.69) is 21.8 Å². The second-order valence-electron chi connectivity index (χ2n) is 5.89. The van der Waals surface area contributed by atoms with Gasteiger partial charge in [-0.2, -0.15) is 0 Å². The zero-order valence-corrected chi connectivity index (χ0v) is 12.9. The molecule has 0 aromatic carbocycles. The molecule has 0 bridgehead atoms. The van der Waals surface area contributed by atoms with Gasteiger partial charge in [0.15, 0.2) is 0 Å². The maximum absolute atomic E-state index is 12.1. The van der Waals surface area contributed by atoms with Crippen molar-refractivity contribution in [3.05, 3.63) is 17.7 Å². The van der Waals surface area contributed by atoms with E-state index in [1.807, 2.05) is 14.0 Å². The zero-order valence-electron chi connectivity index (χ0n) is 12.9. The highest BCUT2D eigenvalue weighted by molar-refractivity contribution is 5.75. The van der Waals surface area contributed by atoms with Crippen molar-refractivity contribution in [2.45, 2.75) is 52.1 Å². The Balaban J connectivity index is 1.73. The van der Waals surface area contributed by atoms with Crippen LogP contribution in [0.5, 0.6) is 0 Å². The normalized spacial score (nSPS) is 17.4. The van der Waals surface area contributed by atoms with E-state index in [0.717, 1.165) is 17.9 Å². The second-order valence-corrected chi connectivity index (χ2v) is 5.89. The maximum Gasteiger partial charge on any atom is 0.222 e. The molecule has 1 saturated heterocycles. The summed E-state index contributed by atoms with van der Waals surface area (Å²) >= 11 is 0. The number of hydrogen-bond acceptors (Lipinski definition) is 3. The number of aromatic nitrogens is 2. The van der Waals surface area contributed by atoms with Crippen LogP contribution in [0, 0.1) is 6.92 Å². The van der Waals surface area contributed by atoms with Gasteiger partial charge in [-0.3, -0.25) is 4.79 Å². The summed E-state index contributed by atoms with van der Waals surface area (Å²) in [5, 5.41) is 0. The SMILES string of the molecule is Cc1cnc(CN(C)C(=O)CCC(C)N2CCCC2)[nH]1. The van der Waals surface area contributed by atoms with Crippen LogP contribution in [0.15, 0.2) is 6.20 Å². The second kappa shape index (κ2) is 6.88. The number of nitrogens with one attached hydrogen (secondary N) is 1. The summed E-state index contributed by atoms with van der Waals surface area (Å²) in [5.41, 5.74) is 1.03. The summed E-state index contributed by atoms with van der Waals surface area (Å²) < 4.78 is 0. The van der Waals surface area contributed by atoms with Gasteiger partial charge < -0.3 is 14.8 Å². The number of carbonyl (C=O) groups is 1. The first-order chi connectivity index (χ1) is 9.56. The smallest absolute Gasteiger partial charge is 0.222 e. The van der Waals surface area contributed by atoms with Crippen molar-refractivity contribution in [2.24, 2.45) is 0 Å². The van der Waals surface area contributed by atoms with Crippen molar-refractivity contribution < 1.29 is 4.79 Å². The fourth-order valence-electron chi connectivity index (χ4n) is 2.75. The van der Waals surface area contributed by atoms with Gasteiger partial charge in [-0.25, -0.2) is 4.98 Å². The van der Waals surface area contributed by atoms with E-state index >= 15 is 0 Å². The molecule has 112 valence electrons. The van der Waals surface area contributed by atoms with Crippen LogP contribution in [-0.2, 0) is 11.3 Å². The molecule has 1 N–H and O–H groups in total. The van der Waals surface area contributed by atoms with Crippen molar-refractivity contribution in [3.63, 3.8) is 0 Å². The highest BCUT2D eigenvalue weighted by Crippen LogP contribution is 2.15. The number of rotatable bonds is 6. The summed E-state index contributed by atoms with van der Waals surface area (Å²) in [5.74, 6) is 1.05. The van der Waals surface area contributed by atoms with E-state index in [1.54, 1.807) is 11.1 Å². The number of aromatic amines is 1. The molecule has 1 amide bonds. The van der Waals surface area contributed by atoms with Crippen molar-refractivity contribution in [2.75, 3.05) is 20.1 Å². The number of aryl methyl sites for hydroxylation is 1. The van der Waals surface area contributed by atoms with Crippen molar-refractivity contribution in [1.29, 1.82) is 0 Å². The lowest BCUT2D eigenvalue weighted by Crippen LogP contribution is -2.32. The standard InChI is InChI=1S/C15H26N4O/c1-12-10-16-14(17-12)11-18(3)15(20)7-6-13(2)19-8-4-5-9-19/h10,13H,4-9,11H2,1-3H3,(H,16,17). The molecule has 2 heterocycles. The lowest BCUT2D eigenvalue weighted by Gasteiger charge is -2.24. The molecule has 0 aliphatic carbocycles. The lowest BCUT2D eigenvalue weighted by molar-refractivity contribution is -0.130. The first-order valence-corrected chi connectivity index (χ1v) is 7.55. The topological polar surface area (TPSA) is 52.2 Å². The highest BCUT2D eigenvalue weighted by Gasteiger charge is 2.19. The molecule has 0 spiro atoms. The predicted molar refractivity (Wildman–Crippen MR) is 79.3 cm³/mol. The molecule has 1 aromatic rings. The fraction of sp³-hybridized carbons (Fsp3) is 0.733. The Bertz CT molecular complexity index is 437. The molecule has 2 rings (SSSR count). The molecule has 5 nitrogen and oxygen atoms in total. The van der Waals surface area contributed by atoms with Crippen LogP contribution in [0.25, 0.3) is 0 Å². The van der Waals surface area contributed by atoms with Crippen LogP contribution in [0.2, 0.25) is 0 Å². The Kier molecular flexibility index (Phi) is 5.17. The molecule has 20 heavy (non-hydrogen) atoms. The summed E-state index contributed by atoms with van der Waals surface area (Å²) in [4.78, 5) is 23.8. The van der Waals surface area contributed by atoms with E-state index in [0.29, 0.717) is 19.0 Å². The summed E-state index contributed by atoms with van der Waals surface area (Å²) in [6.45, 7) is 7.14. The van der Waals surface area contributed by atoms with Gasteiger partial charge in [0.05, 0.1) is 6.54 Å². The monoisotopic (exact) mass is 278 g/mol. The Labute approximate surface area is 121 Å². The molecular formula is C15H26N4O. The van der Waals surface area contributed by atoms with Gasteiger partial charge in [0.25, 0.3) is 0 Å². The molecule has 1 atom stereocenters. The number of H-pyrrole nitrogens is 1.